The molecule has 0 fully saturated rings. The minimum absolute atomic E-state index is 0.288. The van der Waals surface area contributed by atoms with Crippen LogP contribution in [0.15, 0.2) is 42.7 Å². The molecule has 1 heterocycles. The summed E-state index contributed by atoms with van der Waals surface area (Å²) in [5, 5.41) is 0. The van der Waals surface area contributed by atoms with E-state index in [1.54, 1.807) is 19.3 Å². The van der Waals surface area contributed by atoms with Crippen molar-refractivity contribution in [3.05, 3.63) is 53.9 Å². The lowest BCUT2D eigenvalue weighted by Gasteiger charge is -2.09. The average molecular weight is 241 g/mol. The van der Waals surface area contributed by atoms with Crippen molar-refractivity contribution < 1.29 is 9.53 Å². The molecule has 18 heavy (non-hydrogen) atoms. The van der Waals surface area contributed by atoms with E-state index < -0.39 is 0 Å². The summed E-state index contributed by atoms with van der Waals surface area (Å²) in [6.07, 6.45) is 3.43. The summed E-state index contributed by atoms with van der Waals surface area (Å²) >= 11 is 0. The fourth-order valence-electron chi connectivity index (χ4n) is 1.82. The zero-order valence-corrected chi connectivity index (χ0v) is 10.5. The Balaban J connectivity index is 2.51. The Morgan fingerprint density at radius 1 is 1.22 bits per heavy atom. The third-order valence-corrected chi connectivity index (χ3v) is 2.66. The van der Waals surface area contributed by atoms with Crippen molar-refractivity contribution in [3.63, 3.8) is 0 Å². The molecule has 0 saturated carbocycles. The largest absolute Gasteiger partial charge is 0.462 e. The smallest absolute Gasteiger partial charge is 0.338 e. The molecule has 0 aliphatic carbocycles. The molecule has 3 nitrogen and oxygen atoms in total. The van der Waals surface area contributed by atoms with Crippen molar-refractivity contribution in [2.45, 2.75) is 13.8 Å². The van der Waals surface area contributed by atoms with E-state index >= 15 is 0 Å². The first-order chi connectivity index (χ1) is 8.72. The lowest BCUT2D eigenvalue weighted by atomic mass is 9.98. The Kier molecular flexibility index (Phi) is 3.72. The zero-order valence-electron chi connectivity index (χ0n) is 10.5. The average Bonchev–Trinajstić information content (AvgIpc) is 2.40. The van der Waals surface area contributed by atoms with Gasteiger partial charge in [0.15, 0.2) is 0 Å². The minimum Gasteiger partial charge on any atom is -0.462 e. The van der Waals surface area contributed by atoms with Gasteiger partial charge in [0.2, 0.25) is 0 Å². The van der Waals surface area contributed by atoms with E-state index in [9.17, 15) is 4.79 Å². The summed E-state index contributed by atoms with van der Waals surface area (Å²) in [6.45, 7) is 4.18. The van der Waals surface area contributed by atoms with E-state index in [1.165, 1.54) is 0 Å². The topological polar surface area (TPSA) is 39.2 Å². The van der Waals surface area contributed by atoms with Crippen LogP contribution in [0.3, 0.4) is 0 Å². The number of carbonyl (C=O) groups is 1. The second kappa shape index (κ2) is 5.45. The van der Waals surface area contributed by atoms with Crippen LogP contribution in [0.2, 0.25) is 0 Å². The van der Waals surface area contributed by atoms with Gasteiger partial charge in [-0.05, 0) is 43.2 Å². The van der Waals surface area contributed by atoms with Gasteiger partial charge in [0, 0.05) is 12.4 Å². The summed E-state index contributed by atoms with van der Waals surface area (Å²) in [5.74, 6) is -0.288. The number of pyridine rings is 1. The maximum absolute atomic E-state index is 11.9. The normalized spacial score (nSPS) is 10.1. The number of hydrogen-bond acceptors (Lipinski definition) is 3. The Morgan fingerprint density at radius 3 is 2.61 bits per heavy atom. The molecular weight excluding hydrogens is 226 g/mol. The van der Waals surface area contributed by atoms with Crippen LogP contribution in [0.4, 0.5) is 0 Å². The molecule has 0 aliphatic heterocycles. The quantitative estimate of drug-likeness (QED) is 0.774. The fourth-order valence-corrected chi connectivity index (χ4v) is 1.82. The van der Waals surface area contributed by atoms with Crippen molar-refractivity contribution in [2.75, 3.05) is 6.61 Å². The molecule has 1 aromatic carbocycles. The number of rotatable bonds is 3. The first-order valence-electron chi connectivity index (χ1n) is 5.90. The highest BCUT2D eigenvalue weighted by Crippen LogP contribution is 2.25. The first kappa shape index (κ1) is 12.3. The molecule has 0 bridgehead atoms. The summed E-state index contributed by atoms with van der Waals surface area (Å²) in [5.41, 5.74) is 3.55. The monoisotopic (exact) mass is 241 g/mol. The molecule has 0 N–H and O–H groups in total. The standard InChI is InChI=1S/C15H15NO2/c1-3-18-15(17)13-5-4-11(2)10-14(13)12-6-8-16-9-7-12/h4-10H,3H2,1-2H3. The van der Waals surface area contributed by atoms with Crippen molar-refractivity contribution in [1.29, 1.82) is 0 Å². The number of ether oxygens (including phenoxy) is 1. The summed E-state index contributed by atoms with van der Waals surface area (Å²) in [6, 6.07) is 9.48. The predicted octanol–water partition coefficient (Wildman–Crippen LogP) is 3.23. The van der Waals surface area contributed by atoms with Crippen molar-refractivity contribution in [3.8, 4) is 11.1 Å². The molecule has 0 radical (unpaired) electrons. The molecule has 0 aliphatic rings. The number of esters is 1. The highest BCUT2D eigenvalue weighted by atomic mass is 16.5. The van der Waals surface area contributed by atoms with Gasteiger partial charge in [-0.1, -0.05) is 17.7 Å². The number of benzene rings is 1. The minimum atomic E-state index is -0.288. The van der Waals surface area contributed by atoms with Crippen molar-refractivity contribution >= 4 is 5.97 Å². The molecule has 2 rings (SSSR count). The molecule has 0 amide bonds. The van der Waals surface area contributed by atoms with Gasteiger partial charge < -0.3 is 4.74 Å². The highest BCUT2D eigenvalue weighted by Gasteiger charge is 2.13. The van der Waals surface area contributed by atoms with Crippen LogP contribution in [-0.2, 0) is 4.74 Å². The third-order valence-electron chi connectivity index (χ3n) is 2.66. The van der Waals surface area contributed by atoms with Gasteiger partial charge in [-0.25, -0.2) is 4.79 Å². The van der Waals surface area contributed by atoms with Gasteiger partial charge in [0.25, 0.3) is 0 Å². The first-order valence-corrected chi connectivity index (χ1v) is 5.90. The molecule has 0 saturated heterocycles. The van der Waals surface area contributed by atoms with Crippen molar-refractivity contribution in [2.24, 2.45) is 0 Å². The number of aromatic nitrogens is 1. The van der Waals surface area contributed by atoms with Gasteiger partial charge in [-0.3, -0.25) is 4.98 Å². The van der Waals surface area contributed by atoms with Crippen LogP contribution >= 0.6 is 0 Å². The van der Waals surface area contributed by atoms with Gasteiger partial charge in [0.1, 0.15) is 0 Å². The number of hydrogen-bond donors (Lipinski definition) is 0. The Hall–Kier alpha value is -2.16. The van der Waals surface area contributed by atoms with Crippen molar-refractivity contribution in [1.82, 2.24) is 4.98 Å². The maximum atomic E-state index is 11.9. The number of nitrogens with zero attached hydrogens (tertiary/aromatic N) is 1. The predicted molar refractivity (Wildman–Crippen MR) is 70.4 cm³/mol. The Labute approximate surface area is 106 Å². The van der Waals surface area contributed by atoms with Crippen LogP contribution in [0.25, 0.3) is 11.1 Å². The van der Waals surface area contributed by atoms with E-state index in [1.807, 2.05) is 37.3 Å². The van der Waals surface area contributed by atoms with E-state index in [0.29, 0.717) is 12.2 Å². The second-order valence-electron chi connectivity index (χ2n) is 4.01. The van der Waals surface area contributed by atoms with E-state index in [-0.39, 0.29) is 5.97 Å². The molecule has 92 valence electrons. The van der Waals surface area contributed by atoms with Gasteiger partial charge >= 0.3 is 5.97 Å². The third kappa shape index (κ3) is 2.56. The Morgan fingerprint density at radius 2 is 1.94 bits per heavy atom. The molecule has 2 aromatic rings. The number of carbonyl (C=O) groups excluding carboxylic acids is 1. The highest BCUT2D eigenvalue weighted by molar-refractivity contribution is 5.97. The Bertz CT molecular complexity index is 550. The summed E-state index contributed by atoms with van der Waals surface area (Å²) in [4.78, 5) is 15.9. The van der Waals surface area contributed by atoms with E-state index in [2.05, 4.69) is 4.98 Å². The lowest BCUT2D eigenvalue weighted by molar-refractivity contribution is 0.0527. The molecule has 0 unspecified atom stereocenters. The molecular formula is C15H15NO2. The summed E-state index contributed by atoms with van der Waals surface area (Å²) in [7, 11) is 0. The lowest BCUT2D eigenvalue weighted by Crippen LogP contribution is -2.06. The second-order valence-corrected chi connectivity index (χ2v) is 4.01. The van der Waals surface area contributed by atoms with E-state index in [4.69, 9.17) is 4.74 Å². The maximum Gasteiger partial charge on any atom is 0.338 e. The molecule has 0 spiro atoms. The van der Waals surface area contributed by atoms with Gasteiger partial charge in [0.05, 0.1) is 12.2 Å². The van der Waals surface area contributed by atoms with Crippen LogP contribution in [0, 0.1) is 6.92 Å². The van der Waals surface area contributed by atoms with Gasteiger partial charge in [-0.15, -0.1) is 0 Å². The van der Waals surface area contributed by atoms with Gasteiger partial charge in [-0.2, -0.15) is 0 Å². The van der Waals surface area contributed by atoms with Crippen LogP contribution in [-0.4, -0.2) is 17.6 Å². The molecule has 0 atom stereocenters. The van der Waals surface area contributed by atoms with Crippen LogP contribution in [0.1, 0.15) is 22.8 Å². The van der Waals surface area contributed by atoms with Crippen LogP contribution < -0.4 is 0 Å². The van der Waals surface area contributed by atoms with E-state index in [0.717, 1.165) is 16.7 Å². The fraction of sp³-hybridized carbons (Fsp3) is 0.200. The number of aryl methyl sites for hydroxylation is 1. The SMILES string of the molecule is CCOC(=O)c1ccc(C)cc1-c1ccncc1. The molecule has 1 aromatic heterocycles. The van der Waals surface area contributed by atoms with Crippen LogP contribution in [0.5, 0.6) is 0 Å². The zero-order chi connectivity index (χ0) is 13.0. The molecule has 3 heteroatoms. The summed E-state index contributed by atoms with van der Waals surface area (Å²) < 4.78 is 5.08.